The number of amides is 3. The van der Waals surface area contributed by atoms with E-state index in [9.17, 15) is 14.4 Å². The zero-order valence-electron chi connectivity index (χ0n) is 19.7. The first-order valence-corrected chi connectivity index (χ1v) is 13.0. The summed E-state index contributed by atoms with van der Waals surface area (Å²) < 4.78 is 0. The van der Waals surface area contributed by atoms with Crippen molar-refractivity contribution in [2.75, 3.05) is 13.1 Å². The van der Waals surface area contributed by atoms with Crippen LogP contribution in [0.5, 0.6) is 0 Å². The molecule has 0 saturated heterocycles. The Morgan fingerprint density at radius 3 is 2.26 bits per heavy atom. The van der Waals surface area contributed by atoms with E-state index in [2.05, 4.69) is 10.6 Å². The summed E-state index contributed by atoms with van der Waals surface area (Å²) >= 11 is 1.32. The van der Waals surface area contributed by atoms with Gasteiger partial charge in [-0.25, -0.2) is 0 Å². The van der Waals surface area contributed by atoms with Gasteiger partial charge in [0.2, 0.25) is 11.8 Å². The molecular weight excluding hydrogens is 458 g/mol. The van der Waals surface area contributed by atoms with E-state index in [1.165, 1.54) is 11.3 Å². The number of nitrogens with one attached hydrogen (secondary N) is 2. The van der Waals surface area contributed by atoms with Gasteiger partial charge in [0, 0.05) is 12.6 Å². The lowest BCUT2D eigenvalue weighted by Gasteiger charge is -2.32. The van der Waals surface area contributed by atoms with Gasteiger partial charge in [0.05, 0.1) is 11.4 Å². The number of benzene rings is 2. The molecular formula is C28H31N3O3S. The van der Waals surface area contributed by atoms with E-state index in [4.69, 9.17) is 0 Å². The van der Waals surface area contributed by atoms with E-state index in [1.807, 2.05) is 66.0 Å². The van der Waals surface area contributed by atoms with Crippen molar-refractivity contribution in [1.29, 1.82) is 0 Å². The lowest BCUT2D eigenvalue weighted by Crippen LogP contribution is -2.49. The summed E-state index contributed by atoms with van der Waals surface area (Å²) in [5.74, 6) is -0.751. The number of hydrogen-bond donors (Lipinski definition) is 2. The van der Waals surface area contributed by atoms with E-state index in [0.29, 0.717) is 17.8 Å². The van der Waals surface area contributed by atoms with Crippen LogP contribution in [0.3, 0.4) is 0 Å². The normalized spacial score (nSPS) is 14.3. The first-order chi connectivity index (χ1) is 17.1. The molecule has 1 heterocycles. The van der Waals surface area contributed by atoms with Crippen LogP contribution in [-0.2, 0) is 16.0 Å². The lowest BCUT2D eigenvalue weighted by molar-refractivity contribution is -0.140. The van der Waals surface area contributed by atoms with Crippen molar-refractivity contribution in [3.05, 3.63) is 94.2 Å². The fourth-order valence-corrected chi connectivity index (χ4v) is 5.14. The van der Waals surface area contributed by atoms with E-state index in [1.54, 1.807) is 17.0 Å². The second-order valence-electron chi connectivity index (χ2n) is 8.79. The molecule has 1 aliphatic rings. The van der Waals surface area contributed by atoms with Crippen LogP contribution in [0, 0.1) is 0 Å². The maximum absolute atomic E-state index is 13.6. The molecule has 3 aromatic rings. The molecule has 182 valence electrons. The minimum Gasteiger partial charge on any atom is -0.351 e. The second-order valence-corrected chi connectivity index (χ2v) is 9.73. The smallest absolute Gasteiger partial charge is 0.261 e. The van der Waals surface area contributed by atoms with E-state index in [0.717, 1.165) is 36.8 Å². The third-order valence-corrected chi connectivity index (χ3v) is 7.20. The topological polar surface area (TPSA) is 78.5 Å². The van der Waals surface area contributed by atoms with Gasteiger partial charge in [-0.2, -0.15) is 0 Å². The molecule has 1 aliphatic carbocycles. The minimum absolute atomic E-state index is 0.137. The molecule has 0 spiro atoms. The Kier molecular flexibility index (Phi) is 8.68. The third kappa shape index (κ3) is 6.79. The Balaban J connectivity index is 1.57. The monoisotopic (exact) mass is 489 g/mol. The molecule has 1 aromatic heterocycles. The highest BCUT2D eigenvalue weighted by atomic mass is 32.1. The Hall–Kier alpha value is -3.45. The van der Waals surface area contributed by atoms with E-state index in [-0.39, 0.29) is 30.3 Å². The molecule has 0 aliphatic heterocycles. The van der Waals surface area contributed by atoms with Crippen molar-refractivity contribution in [2.45, 2.75) is 44.2 Å². The molecule has 0 unspecified atom stereocenters. The van der Waals surface area contributed by atoms with Crippen LogP contribution < -0.4 is 10.6 Å². The molecule has 6 nitrogen and oxygen atoms in total. The summed E-state index contributed by atoms with van der Waals surface area (Å²) in [5.41, 5.74) is 1.84. The Bertz CT molecular complexity index is 1100. The van der Waals surface area contributed by atoms with Crippen LogP contribution in [0.1, 0.15) is 52.5 Å². The van der Waals surface area contributed by atoms with Gasteiger partial charge in [-0.3, -0.25) is 14.4 Å². The summed E-state index contributed by atoms with van der Waals surface area (Å²) in [7, 11) is 0. The Morgan fingerprint density at radius 1 is 0.914 bits per heavy atom. The second kappa shape index (κ2) is 12.3. The van der Waals surface area contributed by atoms with E-state index < -0.39 is 6.04 Å². The predicted molar refractivity (Wildman–Crippen MR) is 138 cm³/mol. The van der Waals surface area contributed by atoms with Crippen LogP contribution in [-0.4, -0.2) is 41.8 Å². The highest BCUT2D eigenvalue weighted by molar-refractivity contribution is 7.12. The molecule has 1 atom stereocenters. The van der Waals surface area contributed by atoms with Crippen molar-refractivity contribution < 1.29 is 14.4 Å². The summed E-state index contributed by atoms with van der Waals surface area (Å²) in [6.07, 6.45) is 4.73. The maximum atomic E-state index is 13.6. The van der Waals surface area contributed by atoms with Crippen molar-refractivity contribution in [2.24, 2.45) is 0 Å². The van der Waals surface area contributed by atoms with Crippen molar-refractivity contribution in [1.82, 2.24) is 15.5 Å². The molecule has 0 bridgehead atoms. The van der Waals surface area contributed by atoms with Gasteiger partial charge in [-0.05, 0) is 41.8 Å². The van der Waals surface area contributed by atoms with Crippen LogP contribution in [0.4, 0.5) is 0 Å². The zero-order valence-corrected chi connectivity index (χ0v) is 20.5. The van der Waals surface area contributed by atoms with Gasteiger partial charge in [0.1, 0.15) is 6.04 Å². The molecule has 35 heavy (non-hydrogen) atoms. The van der Waals surface area contributed by atoms with Crippen LogP contribution >= 0.6 is 11.3 Å². The average Bonchev–Trinajstić information content (AvgIpc) is 3.61. The zero-order chi connectivity index (χ0) is 24.5. The first-order valence-electron chi connectivity index (χ1n) is 12.1. The van der Waals surface area contributed by atoms with Gasteiger partial charge in [-0.1, -0.05) is 79.6 Å². The molecule has 2 aromatic carbocycles. The van der Waals surface area contributed by atoms with Crippen molar-refractivity contribution >= 4 is 29.1 Å². The number of carbonyl (C=O) groups is 3. The SMILES string of the molecule is O=C(NCC(=O)N(CCc1ccccc1)[C@H](C(=O)NC1CCCC1)c1ccccc1)c1cccs1. The highest BCUT2D eigenvalue weighted by Gasteiger charge is 2.33. The lowest BCUT2D eigenvalue weighted by atomic mass is 10.0. The van der Waals surface area contributed by atoms with Gasteiger partial charge >= 0.3 is 0 Å². The average molecular weight is 490 g/mol. The van der Waals surface area contributed by atoms with Crippen LogP contribution in [0.25, 0.3) is 0 Å². The molecule has 1 fully saturated rings. The number of rotatable bonds is 10. The van der Waals surface area contributed by atoms with Gasteiger partial charge < -0.3 is 15.5 Å². The standard InChI is InChI=1S/C28H31N3O3S/c32-25(20-29-27(33)24-16-9-19-35-24)31(18-17-21-10-3-1-4-11-21)26(22-12-5-2-6-13-22)28(34)30-23-14-7-8-15-23/h1-6,9-13,16,19,23,26H,7-8,14-15,17-18,20H2,(H,29,33)(H,30,34)/t26-/m0/s1. The summed E-state index contributed by atoms with van der Waals surface area (Å²) in [6.45, 7) is 0.181. The molecule has 1 saturated carbocycles. The van der Waals surface area contributed by atoms with Crippen LogP contribution in [0.2, 0.25) is 0 Å². The Labute approximate surface area is 210 Å². The van der Waals surface area contributed by atoms with Crippen molar-refractivity contribution in [3.8, 4) is 0 Å². The summed E-state index contributed by atoms with van der Waals surface area (Å²) in [4.78, 5) is 41.7. The molecule has 0 radical (unpaired) electrons. The maximum Gasteiger partial charge on any atom is 0.261 e. The molecule has 3 amide bonds. The Morgan fingerprint density at radius 2 is 1.60 bits per heavy atom. The minimum atomic E-state index is -0.772. The quantitative estimate of drug-likeness (QED) is 0.444. The molecule has 4 rings (SSSR count). The van der Waals surface area contributed by atoms with Gasteiger partial charge in [0.25, 0.3) is 5.91 Å². The third-order valence-electron chi connectivity index (χ3n) is 6.33. The number of thiophene rings is 1. The van der Waals surface area contributed by atoms with Crippen molar-refractivity contribution in [3.63, 3.8) is 0 Å². The molecule has 7 heteroatoms. The van der Waals surface area contributed by atoms with Crippen LogP contribution in [0.15, 0.2) is 78.2 Å². The predicted octanol–water partition coefficient (Wildman–Crippen LogP) is 4.35. The van der Waals surface area contributed by atoms with E-state index >= 15 is 0 Å². The number of hydrogen-bond acceptors (Lipinski definition) is 4. The number of nitrogens with zero attached hydrogens (tertiary/aromatic N) is 1. The fraction of sp³-hybridized carbons (Fsp3) is 0.321. The summed E-state index contributed by atoms with van der Waals surface area (Å²) in [5, 5.41) is 7.73. The largest absolute Gasteiger partial charge is 0.351 e. The van der Waals surface area contributed by atoms with Gasteiger partial charge in [0.15, 0.2) is 0 Å². The first kappa shape index (κ1) is 24.7. The fourth-order valence-electron chi connectivity index (χ4n) is 4.50. The summed E-state index contributed by atoms with van der Waals surface area (Å²) in [6, 6.07) is 22.2. The van der Waals surface area contributed by atoms with Gasteiger partial charge in [-0.15, -0.1) is 11.3 Å². The molecule has 2 N–H and O–H groups in total. The number of carbonyl (C=O) groups excluding carboxylic acids is 3. The highest BCUT2D eigenvalue weighted by Crippen LogP contribution is 2.25.